The molecule has 0 amide bonds. The molecule has 1 N–H and O–H groups in total. The van der Waals surface area contributed by atoms with Gasteiger partial charge in [0.15, 0.2) is 0 Å². The molecule has 0 spiro atoms. The first kappa shape index (κ1) is 19.0. The molecule has 1 saturated carbocycles. The number of benzene rings is 3. The number of nitrogens with zero attached hydrogens (tertiary/aromatic N) is 3. The van der Waals surface area contributed by atoms with Crippen LogP contribution in [-0.2, 0) is 16.9 Å². The molecule has 1 aliphatic carbocycles. The fourth-order valence-corrected chi connectivity index (χ4v) is 4.43. The van der Waals surface area contributed by atoms with Crippen LogP contribution in [0.2, 0.25) is 0 Å². The summed E-state index contributed by atoms with van der Waals surface area (Å²) in [4.78, 5) is 0. The third-order valence-electron chi connectivity index (χ3n) is 6.18. The molecule has 6 heteroatoms. The minimum Gasteiger partial charge on any atom is -0.429 e. The van der Waals surface area contributed by atoms with Crippen molar-refractivity contribution in [3.05, 3.63) is 96.2 Å². The van der Waals surface area contributed by atoms with Crippen LogP contribution < -0.4 is 0 Å². The Bertz CT molecular complexity index is 1440. The number of pyridine rings is 1. The molecule has 0 atom stereocenters. The van der Waals surface area contributed by atoms with E-state index in [9.17, 15) is 9.60 Å². The second kappa shape index (κ2) is 7.14. The van der Waals surface area contributed by atoms with Crippen LogP contribution in [0.25, 0.3) is 32.8 Å². The van der Waals surface area contributed by atoms with Gasteiger partial charge in [0.25, 0.3) is 0 Å². The van der Waals surface area contributed by atoms with Crippen LogP contribution in [0.4, 0.5) is 4.39 Å². The first-order valence-electron chi connectivity index (χ1n) is 10.6. The highest BCUT2D eigenvalue weighted by Crippen LogP contribution is 2.53. The molecular weight excluding hydrogens is 405 g/mol. The van der Waals surface area contributed by atoms with E-state index in [1.807, 2.05) is 42.5 Å². The predicted octanol–water partition coefficient (Wildman–Crippen LogP) is 5.83. The Labute approximate surface area is 183 Å². The van der Waals surface area contributed by atoms with Gasteiger partial charge in [0.2, 0.25) is 0 Å². The monoisotopic (exact) mass is 425 g/mol. The quantitative estimate of drug-likeness (QED) is 0.360. The van der Waals surface area contributed by atoms with Crippen molar-refractivity contribution in [1.29, 1.82) is 0 Å². The molecule has 0 radical (unpaired) electrons. The van der Waals surface area contributed by atoms with Gasteiger partial charge in [-0.15, -0.1) is 0 Å². The molecule has 5 aromatic rings. The number of hydrogen-bond donors (Lipinski definition) is 1. The maximum absolute atomic E-state index is 13.7. The largest absolute Gasteiger partial charge is 0.429 e. The van der Waals surface area contributed by atoms with Gasteiger partial charge >= 0.3 is 0 Å². The fourth-order valence-electron chi connectivity index (χ4n) is 4.43. The number of ether oxygens (including phenoxy) is 1. The van der Waals surface area contributed by atoms with Crippen LogP contribution in [0.5, 0.6) is 0 Å². The average molecular weight is 425 g/mol. The van der Waals surface area contributed by atoms with Crippen LogP contribution in [0.1, 0.15) is 24.1 Å². The molecule has 1 fully saturated rings. The van der Waals surface area contributed by atoms with Crippen molar-refractivity contribution in [2.24, 2.45) is 0 Å². The van der Waals surface area contributed by atoms with Crippen molar-refractivity contribution < 1.29 is 14.3 Å². The summed E-state index contributed by atoms with van der Waals surface area (Å²) in [5.41, 5.74) is 3.55. The summed E-state index contributed by atoms with van der Waals surface area (Å²) in [6.45, 7) is 0.442. The van der Waals surface area contributed by atoms with E-state index in [2.05, 4.69) is 10.2 Å². The van der Waals surface area contributed by atoms with E-state index in [0.717, 1.165) is 51.2 Å². The van der Waals surface area contributed by atoms with Crippen LogP contribution in [0.3, 0.4) is 0 Å². The van der Waals surface area contributed by atoms with Crippen molar-refractivity contribution in [2.45, 2.75) is 25.0 Å². The second-order valence-corrected chi connectivity index (χ2v) is 8.32. The Morgan fingerprint density at radius 2 is 1.78 bits per heavy atom. The second-order valence-electron chi connectivity index (χ2n) is 8.32. The minimum atomic E-state index is -0.611. The summed E-state index contributed by atoms with van der Waals surface area (Å²) in [7, 11) is 0. The van der Waals surface area contributed by atoms with Crippen molar-refractivity contribution in [3.63, 3.8) is 0 Å². The SMILES string of the molecule is On1cc2cc3nncc3cc2c(-c2ccc(F)cc2)c1C1(OCc2ccccc2)CC1. The van der Waals surface area contributed by atoms with E-state index >= 15 is 0 Å². The first-order chi connectivity index (χ1) is 15.6. The number of halogens is 1. The van der Waals surface area contributed by atoms with E-state index in [1.165, 1.54) is 16.9 Å². The molecule has 6 rings (SSSR count). The van der Waals surface area contributed by atoms with Crippen molar-refractivity contribution in [1.82, 2.24) is 14.9 Å². The van der Waals surface area contributed by atoms with Crippen LogP contribution >= 0.6 is 0 Å². The lowest BCUT2D eigenvalue weighted by atomic mass is 9.93. The lowest BCUT2D eigenvalue weighted by Crippen LogP contribution is -2.20. The topological polar surface area (TPSA) is 60.2 Å². The summed E-state index contributed by atoms with van der Waals surface area (Å²) in [6.07, 6.45) is 5.00. The molecule has 3 aromatic carbocycles. The Morgan fingerprint density at radius 3 is 2.53 bits per heavy atom. The maximum Gasteiger partial charge on any atom is 0.123 e. The van der Waals surface area contributed by atoms with Gasteiger partial charge in [0.05, 0.1) is 30.2 Å². The first-order valence-corrected chi connectivity index (χ1v) is 10.6. The highest BCUT2D eigenvalue weighted by Gasteiger charge is 2.50. The summed E-state index contributed by atoms with van der Waals surface area (Å²) in [6, 6.07) is 20.3. The van der Waals surface area contributed by atoms with E-state index in [1.54, 1.807) is 24.5 Å². The van der Waals surface area contributed by atoms with E-state index < -0.39 is 5.60 Å². The standard InChI is InChI=1S/C26H20FN3O2/c27-21-8-6-18(7-9-21)24-22-12-19-14-28-29-23(19)13-20(22)15-30(31)25(24)26(10-11-26)32-16-17-4-2-1-3-5-17/h1-9,12-15,31H,10-11,16H2. The number of aromatic nitrogens is 3. The molecular formula is C26H20FN3O2. The summed E-state index contributed by atoms with van der Waals surface area (Å²) < 4.78 is 21.3. The highest BCUT2D eigenvalue weighted by atomic mass is 19.1. The molecule has 5 nitrogen and oxygen atoms in total. The molecule has 2 aromatic heterocycles. The van der Waals surface area contributed by atoms with Gasteiger partial charge in [-0.1, -0.05) is 42.5 Å². The van der Waals surface area contributed by atoms with Crippen LogP contribution in [0.15, 0.2) is 79.1 Å². The molecule has 2 heterocycles. The van der Waals surface area contributed by atoms with Crippen molar-refractivity contribution >= 4 is 21.7 Å². The predicted molar refractivity (Wildman–Crippen MR) is 120 cm³/mol. The van der Waals surface area contributed by atoms with Gasteiger partial charge in [-0.3, -0.25) is 0 Å². The highest BCUT2D eigenvalue weighted by molar-refractivity contribution is 6.04. The fraction of sp³-hybridized carbons (Fsp3) is 0.154. The van der Waals surface area contributed by atoms with Gasteiger partial charge in [0.1, 0.15) is 11.4 Å². The Hall–Kier alpha value is -3.77. The van der Waals surface area contributed by atoms with Crippen molar-refractivity contribution in [2.75, 3.05) is 0 Å². The summed E-state index contributed by atoms with van der Waals surface area (Å²) in [5.74, 6) is -0.305. The molecule has 0 bridgehead atoms. The molecule has 0 aliphatic heterocycles. The normalized spacial score (nSPS) is 14.8. The van der Waals surface area contributed by atoms with Crippen LogP contribution in [-0.4, -0.2) is 20.1 Å². The molecule has 0 unspecified atom stereocenters. The Morgan fingerprint density at radius 1 is 1.00 bits per heavy atom. The summed E-state index contributed by atoms with van der Waals surface area (Å²) in [5, 5.41) is 22.0. The van der Waals surface area contributed by atoms with Gasteiger partial charge in [0, 0.05) is 16.3 Å². The third kappa shape index (κ3) is 3.11. The summed E-state index contributed by atoms with van der Waals surface area (Å²) >= 11 is 0. The van der Waals surface area contributed by atoms with Gasteiger partial charge < -0.3 is 9.94 Å². The van der Waals surface area contributed by atoms with Gasteiger partial charge in [-0.25, -0.2) is 4.39 Å². The van der Waals surface area contributed by atoms with Gasteiger partial charge in [-0.05, 0) is 53.6 Å². The Kier molecular flexibility index (Phi) is 4.23. The zero-order chi connectivity index (χ0) is 21.7. The molecule has 32 heavy (non-hydrogen) atoms. The van der Waals surface area contributed by atoms with E-state index in [0.29, 0.717) is 12.3 Å². The minimum absolute atomic E-state index is 0.305. The van der Waals surface area contributed by atoms with E-state index in [-0.39, 0.29) is 5.82 Å². The smallest absolute Gasteiger partial charge is 0.123 e. The van der Waals surface area contributed by atoms with Crippen LogP contribution in [0, 0.1) is 5.82 Å². The lowest BCUT2D eigenvalue weighted by Gasteiger charge is -2.24. The van der Waals surface area contributed by atoms with E-state index in [4.69, 9.17) is 4.74 Å². The third-order valence-corrected chi connectivity index (χ3v) is 6.18. The lowest BCUT2D eigenvalue weighted by molar-refractivity contribution is -0.000583. The number of rotatable bonds is 5. The average Bonchev–Trinajstić information content (AvgIpc) is 3.45. The zero-order valence-electron chi connectivity index (χ0n) is 17.2. The van der Waals surface area contributed by atoms with Crippen molar-refractivity contribution in [3.8, 4) is 11.1 Å². The molecule has 158 valence electrons. The Balaban J connectivity index is 1.56. The van der Waals surface area contributed by atoms with Gasteiger partial charge in [-0.2, -0.15) is 14.9 Å². The molecule has 1 aliphatic rings. The molecule has 0 saturated heterocycles. The zero-order valence-corrected chi connectivity index (χ0v) is 17.2. The number of hydrogen-bond acceptors (Lipinski definition) is 4. The number of fused-ring (bicyclic) bond motifs is 2. The maximum atomic E-state index is 13.7.